The highest BCUT2D eigenvalue weighted by Gasteiger charge is 2.25. The average molecular weight is 213 g/mol. The number of hydrogen-bond donors (Lipinski definition) is 2. The third-order valence-corrected chi connectivity index (χ3v) is 3.33. The lowest BCUT2D eigenvalue weighted by Crippen LogP contribution is -2.47. The monoisotopic (exact) mass is 213 g/mol. The van der Waals surface area contributed by atoms with Crippen LogP contribution in [0.3, 0.4) is 0 Å². The number of nitrogens with two attached hydrogens (primary N) is 1. The second-order valence-electron chi connectivity index (χ2n) is 4.33. The summed E-state index contributed by atoms with van der Waals surface area (Å²) >= 11 is 0. The maximum Gasteiger partial charge on any atom is 0.234 e. The molecule has 0 aliphatic carbocycles. The van der Waals surface area contributed by atoms with E-state index in [0.717, 1.165) is 32.4 Å². The molecule has 2 atom stereocenters. The predicted molar refractivity (Wildman–Crippen MR) is 61.5 cm³/mol. The Hall–Kier alpha value is -0.610. The molecule has 1 amide bonds. The first kappa shape index (κ1) is 12.5. The number of carbonyl (C=O) groups is 1. The van der Waals surface area contributed by atoms with Gasteiger partial charge in [0.2, 0.25) is 5.91 Å². The molecule has 2 unspecified atom stereocenters. The molecule has 1 fully saturated rings. The van der Waals surface area contributed by atoms with E-state index in [0.29, 0.717) is 6.04 Å². The highest BCUT2D eigenvalue weighted by molar-refractivity contribution is 5.79. The van der Waals surface area contributed by atoms with Crippen molar-refractivity contribution in [1.29, 1.82) is 0 Å². The largest absolute Gasteiger partial charge is 0.368 e. The second-order valence-corrected chi connectivity index (χ2v) is 4.33. The van der Waals surface area contributed by atoms with Crippen LogP contribution in [-0.2, 0) is 4.79 Å². The van der Waals surface area contributed by atoms with Crippen LogP contribution in [0.2, 0.25) is 0 Å². The lowest BCUT2D eigenvalue weighted by Gasteiger charge is -2.32. The van der Waals surface area contributed by atoms with Crippen molar-refractivity contribution in [2.75, 3.05) is 20.1 Å². The fraction of sp³-hybridized carbons (Fsp3) is 0.909. The van der Waals surface area contributed by atoms with Gasteiger partial charge >= 0.3 is 0 Å². The Morgan fingerprint density at radius 3 is 2.87 bits per heavy atom. The molecule has 0 aromatic heterocycles. The number of hydrogen-bond acceptors (Lipinski definition) is 3. The first-order valence-corrected chi connectivity index (χ1v) is 5.88. The van der Waals surface area contributed by atoms with Crippen molar-refractivity contribution in [2.45, 2.75) is 44.7 Å². The third kappa shape index (κ3) is 3.47. The van der Waals surface area contributed by atoms with Crippen molar-refractivity contribution in [2.24, 2.45) is 5.73 Å². The number of amides is 1. The van der Waals surface area contributed by atoms with E-state index in [1.807, 2.05) is 14.0 Å². The van der Waals surface area contributed by atoms with E-state index in [9.17, 15) is 4.79 Å². The van der Waals surface area contributed by atoms with Crippen LogP contribution in [0.4, 0.5) is 0 Å². The highest BCUT2D eigenvalue weighted by Crippen LogP contribution is 2.15. The smallest absolute Gasteiger partial charge is 0.234 e. The van der Waals surface area contributed by atoms with Gasteiger partial charge in [0.15, 0.2) is 0 Å². The Morgan fingerprint density at radius 2 is 2.27 bits per heavy atom. The normalized spacial score (nSPS) is 24.9. The average Bonchev–Trinajstić information content (AvgIpc) is 2.45. The molecule has 1 aliphatic heterocycles. The van der Waals surface area contributed by atoms with Crippen LogP contribution in [0, 0.1) is 0 Å². The molecule has 0 radical (unpaired) electrons. The minimum atomic E-state index is -0.197. The first-order valence-electron chi connectivity index (χ1n) is 5.88. The molecule has 0 spiro atoms. The Labute approximate surface area is 92.2 Å². The Balaban J connectivity index is 2.55. The van der Waals surface area contributed by atoms with Gasteiger partial charge in [0.25, 0.3) is 0 Å². The Bertz CT molecular complexity index is 200. The fourth-order valence-corrected chi connectivity index (χ4v) is 2.35. The number of rotatable bonds is 4. The molecule has 0 bridgehead atoms. The molecule has 1 saturated heterocycles. The van der Waals surface area contributed by atoms with Crippen LogP contribution >= 0.6 is 0 Å². The number of likely N-dealkylation sites (N-methyl/N-ethyl adjacent to an activating group) is 1. The molecule has 88 valence electrons. The lowest BCUT2D eigenvalue weighted by atomic mass is 10.0. The van der Waals surface area contributed by atoms with E-state index in [2.05, 4.69) is 10.2 Å². The molecule has 1 heterocycles. The molecule has 3 N–H and O–H groups in total. The number of carbonyl (C=O) groups excluding carboxylic acids is 1. The highest BCUT2D eigenvalue weighted by atomic mass is 16.1. The number of nitrogens with one attached hydrogen (secondary N) is 1. The van der Waals surface area contributed by atoms with Gasteiger partial charge in [-0.3, -0.25) is 9.69 Å². The molecule has 4 heteroatoms. The van der Waals surface area contributed by atoms with Gasteiger partial charge in [-0.15, -0.1) is 0 Å². The summed E-state index contributed by atoms with van der Waals surface area (Å²) < 4.78 is 0. The standard InChI is InChI=1S/C11H23N3O/c1-3-10(11(12)15)14(2)9-5-4-7-13-8-6-9/h9-10,13H,3-8H2,1-2H3,(H2,12,15). The number of primary amides is 1. The predicted octanol–water partition coefficient (Wildman–Crippen LogP) is 0.324. The molecule has 0 aromatic rings. The van der Waals surface area contributed by atoms with Gasteiger partial charge in [-0.1, -0.05) is 6.92 Å². The minimum absolute atomic E-state index is 0.104. The molecule has 4 nitrogen and oxygen atoms in total. The first-order chi connectivity index (χ1) is 7.16. The summed E-state index contributed by atoms with van der Waals surface area (Å²) in [6.45, 7) is 4.16. The van der Waals surface area contributed by atoms with Gasteiger partial charge in [-0.05, 0) is 45.8 Å². The van der Waals surface area contributed by atoms with Gasteiger partial charge in [0.05, 0.1) is 6.04 Å². The van der Waals surface area contributed by atoms with Crippen molar-refractivity contribution in [3.05, 3.63) is 0 Å². The number of nitrogens with zero attached hydrogens (tertiary/aromatic N) is 1. The fourth-order valence-electron chi connectivity index (χ4n) is 2.35. The topological polar surface area (TPSA) is 58.4 Å². The van der Waals surface area contributed by atoms with Crippen LogP contribution in [0.15, 0.2) is 0 Å². The van der Waals surface area contributed by atoms with E-state index >= 15 is 0 Å². The third-order valence-electron chi connectivity index (χ3n) is 3.33. The van der Waals surface area contributed by atoms with Gasteiger partial charge in [-0.2, -0.15) is 0 Å². The van der Waals surface area contributed by atoms with Crippen molar-refractivity contribution >= 4 is 5.91 Å². The lowest BCUT2D eigenvalue weighted by molar-refractivity contribution is -0.123. The summed E-state index contributed by atoms with van der Waals surface area (Å²) in [6, 6.07) is 0.394. The van der Waals surface area contributed by atoms with E-state index in [4.69, 9.17) is 5.73 Å². The van der Waals surface area contributed by atoms with E-state index in [-0.39, 0.29) is 11.9 Å². The molecule has 15 heavy (non-hydrogen) atoms. The van der Waals surface area contributed by atoms with Crippen molar-refractivity contribution in [3.8, 4) is 0 Å². The summed E-state index contributed by atoms with van der Waals surface area (Å²) in [7, 11) is 2.02. The summed E-state index contributed by atoms with van der Waals surface area (Å²) in [6.07, 6.45) is 4.26. The summed E-state index contributed by atoms with van der Waals surface area (Å²) in [5.41, 5.74) is 5.40. The molecule has 0 saturated carbocycles. The van der Waals surface area contributed by atoms with Crippen LogP contribution in [0.1, 0.15) is 32.6 Å². The van der Waals surface area contributed by atoms with E-state index in [1.165, 1.54) is 6.42 Å². The van der Waals surface area contributed by atoms with Crippen molar-refractivity contribution in [3.63, 3.8) is 0 Å². The van der Waals surface area contributed by atoms with Gasteiger partial charge < -0.3 is 11.1 Å². The SMILES string of the molecule is CCC(C(N)=O)N(C)C1CCCNCC1. The maximum absolute atomic E-state index is 11.3. The van der Waals surface area contributed by atoms with E-state index in [1.54, 1.807) is 0 Å². The summed E-state index contributed by atoms with van der Waals surface area (Å²) in [4.78, 5) is 13.4. The molecular formula is C11H23N3O. The Kier molecular flexibility index (Phi) is 5.05. The second kappa shape index (κ2) is 6.08. The van der Waals surface area contributed by atoms with Crippen LogP contribution in [-0.4, -0.2) is 43.0 Å². The van der Waals surface area contributed by atoms with E-state index < -0.39 is 0 Å². The Morgan fingerprint density at radius 1 is 1.53 bits per heavy atom. The van der Waals surface area contributed by atoms with Crippen LogP contribution in [0.25, 0.3) is 0 Å². The van der Waals surface area contributed by atoms with Crippen molar-refractivity contribution in [1.82, 2.24) is 10.2 Å². The van der Waals surface area contributed by atoms with Crippen LogP contribution < -0.4 is 11.1 Å². The maximum atomic E-state index is 11.3. The summed E-state index contributed by atoms with van der Waals surface area (Å²) in [5.74, 6) is -0.197. The van der Waals surface area contributed by atoms with Gasteiger partial charge in [0.1, 0.15) is 0 Å². The zero-order chi connectivity index (χ0) is 11.3. The summed E-state index contributed by atoms with van der Waals surface area (Å²) in [5, 5.41) is 3.38. The quantitative estimate of drug-likeness (QED) is 0.707. The zero-order valence-corrected chi connectivity index (χ0v) is 9.83. The van der Waals surface area contributed by atoms with Gasteiger partial charge in [0, 0.05) is 6.04 Å². The molecular weight excluding hydrogens is 190 g/mol. The van der Waals surface area contributed by atoms with Gasteiger partial charge in [-0.25, -0.2) is 0 Å². The van der Waals surface area contributed by atoms with Crippen LogP contribution in [0.5, 0.6) is 0 Å². The molecule has 1 rings (SSSR count). The zero-order valence-electron chi connectivity index (χ0n) is 9.83. The molecule has 0 aromatic carbocycles. The van der Waals surface area contributed by atoms with Crippen molar-refractivity contribution < 1.29 is 4.79 Å². The molecule has 1 aliphatic rings. The minimum Gasteiger partial charge on any atom is -0.368 e.